The first-order chi connectivity index (χ1) is 14.0. The molecule has 0 N–H and O–H groups in total. The summed E-state index contributed by atoms with van der Waals surface area (Å²) in [5, 5.41) is 1.16. The predicted molar refractivity (Wildman–Crippen MR) is 109 cm³/mol. The number of hydrogen-bond acceptors (Lipinski definition) is 5. The second-order valence-electron chi connectivity index (χ2n) is 7.08. The third-order valence-electron chi connectivity index (χ3n) is 5.20. The van der Waals surface area contributed by atoms with Crippen LogP contribution in [0.15, 0.2) is 48.5 Å². The highest BCUT2D eigenvalue weighted by Crippen LogP contribution is 2.36. The molecule has 0 unspecified atom stereocenters. The van der Waals surface area contributed by atoms with Crippen LogP contribution in [0.1, 0.15) is 18.4 Å². The van der Waals surface area contributed by atoms with E-state index in [2.05, 4.69) is 4.90 Å². The molecule has 1 amide bonds. The molecule has 2 fully saturated rings. The third kappa shape index (κ3) is 5.17. The Bertz CT molecular complexity index is 893. The summed E-state index contributed by atoms with van der Waals surface area (Å²) in [6, 6.07) is 15.5. The molecule has 8 heteroatoms. The highest BCUT2D eigenvalue weighted by molar-refractivity contribution is 6.42. The summed E-state index contributed by atoms with van der Waals surface area (Å²) < 4.78 is 5.81. The van der Waals surface area contributed by atoms with Crippen molar-refractivity contribution in [2.75, 3.05) is 24.5 Å². The molecule has 0 aliphatic carbocycles. The van der Waals surface area contributed by atoms with Gasteiger partial charge in [-0.25, -0.2) is 4.79 Å². The van der Waals surface area contributed by atoms with Crippen molar-refractivity contribution in [1.29, 1.82) is 0 Å². The maximum Gasteiger partial charge on any atom is 0.415 e. The Morgan fingerprint density at radius 2 is 1.66 bits per heavy atom. The van der Waals surface area contributed by atoms with Crippen LogP contribution in [-0.2, 0) is 20.9 Å². The minimum Gasteiger partial charge on any atom is -0.441 e. The Morgan fingerprint density at radius 1 is 1.00 bits per heavy atom. The lowest BCUT2D eigenvalue weighted by Gasteiger charge is -2.37. The molecule has 2 aliphatic heterocycles. The zero-order valence-electron chi connectivity index (χ0n) is 15.6. The average molecular weight is 435 g/mol. The van der Waals surface area contributed by atoms with E-state index in [-0.39, 0.29) is 17.8 Å². The number of anilines is 1. The Labute approximate surface area is 178 Å². The molecule has 29 heavy (non-hydrogen) atoms. The van der Waals surface area contributed by atoms with Crippen molar-refractivity contribution in [2.45, 2.75) is 25.0 Å². The summed E-state index contributed by atoms with van der Waals surface area (Å²) in [6.07, 6.45) is 1.68. The molecule has 1 spiro atoms. The lowest BCUT2D eigenvalue weighted by atomic mass is 9.91. The zero-order valence-corrected chi connectivity index (χ0v) is 17.2. The maximum atomic E-state index is 12.4. The Balaban J connectivity index is 0.000000755. The topological polar surface area (TPSA) is 66.9 Å². The van der Waals surface area contributed by atoms with Gasteiger partial charge in [0, 0.05) is 38.2 Å². The molecular formula is C21H20Cl2N2O4. The van der Waals surface area contributed by atoms with Crippen molar-refractivity contribution in [3.8, 4) is 0 Å². The number of likely N-dealkylation sites (tertiary alicyclic amines) is 1. The monoisotopic (exact) mass is 434 g/mol. The van der Waals surface area contributed by atoms with Crippen molar-refractivity contribution >= 4 is 41.1 Å². The molecular weight excluding hydrogens is 415 g/mol. The van der Waals surface area contributed by atoms with Crippen molar-refractivity contribution < 1.29 is 19.1 Å². The fraction of sp³-hybridized carbons (Fsp3) is 0.333. The largest absolute Gasteiger partial charge is 0.441 e. The normalized spacial score (nSPS) is 18.0. The van der Waals surface area contributed by atoms with E-state index < -0.39 is 0 Å². The van der Waals surface area contributed by atoms with E-state index in [1.807, 2.05) is 48.5 Å². The summed E-state index contributed by atoms with van der Waals surface area (Å²) in [7, 11) is 0. The number of halogens is 2. The van der Waals surface area contributed by atoms with Crippen LogP contribution >= 0.6 is 23.2 Å². The molecule has 152 valence electrons. The van der Waals surface area contributed by atoms with Crippen LogP contribution in [0.2, 0.25) is 10.0 Å². The van der Waals surface area contributed by atoms with Crippen LogP contribution in [0.3, 0.4) is 0 Å². The van der Waals surface area contributed by atoms with Gasteiger partial charge in [0.15, 0.2) is 0 Å². The summed E-state index contributed by atoms with van der Waals surface area (Å²) in [6.45, 7) is 3.21. The van der Waals surface area contributed by atoms with E-state index in [0.717, 1.165) is 43.7 Å². The number of hydrogen-bond donors (Lipinski definition) is 0. The Morgan fingerprint density at radius 3 is 2.28 bits per heavy atom. The molecule has 2 aromatic rings. The first-order valence-corrected chi connectivity index (χ1v) is 9.93. The van der Waals surface area contributed by atoms with Crippen LogP contribution in [0.5, 0.6) is 0 Å². The Kier molecular flexibility index (Phi) is 6.93. The number of carbonyl (C=O) groups is 1. The number of rotatable bonds is 3. The average Bonchev–Trinajstić information content (AvgIpc) is 3.04. The second kappa shape index (κ2) is 9.42. The van der Waals surface area contributed by atoms with Crippen LogP contribution in [0, 0.1) is 0 Å². The van der Waals surface area contributed by atoms with Crippen molar-refractivity contribution in [3.05, 3.63) is 64.1 Å². The summed E-state index contributed by atoms with van der Waals surface area (Å²) in [5.74, 6) is 0. The van der Waals surface area contributed by atoms with E-state index in [1.165, 1.54) is 0 Å². The molecule has 4 rings (SSSR count). The van der Waals surface area contributed by atoms with Gasteiger partial charge in [0.2, 0.25) is 0 Å². The molecule has 0 bridgehead atoms. The van der Waals surface area contributed by atoms with Gasteiger partial charge in [-0.15, -0.1) is 0 Å². The first kappa shape index (κ1) is 21.3. The number of nitrogens with zero attached hydrogens (tertiary/aromatic N) is 2. The summed E-state index contributed by atoms with van der Waals surface area (Å²) in [4.78, 5) is 32.7. The highest BCUT2D eigenvalue weighted by Gasteiger charge is 2.47. The van der Waals surface area contributed by atoms with Gasteiger partial charge < -0.3 is 4.74 Å². The molecule has 2 saturated heterocycles. The van der Waals surface area contributed by atoms with E-state index in [1.54, 1.807) is 4.90 Å². The molecule has 0 radical (unpaired) electrons. The van der Waals surface area contributed by atoms with Crippen LogP contribution in [0.4, 0.5) is 10.5 Å². The SMILES string of the molecule is O=C1OC2(CCN(Cc3ccc(Cl)c(Cl)c3)CC2)CN1c1ccccc1.O=C=O. The number of benzene rings is 2. The van der Waals surface area contributed by atoms with Gasteiger partial charge in [0.1, 0.15) is 5.60 Å². The van der Waals surface area contributed by atoms with E-state index in [4.69, 9.17) is 37.5 Å². The smallest absolute Gasteiger partial charge is 0.415 e. The minimum absolute atomic E-state index is 0.242. The third-order valence-corrected chi connectivity index (χ3v) is 5.93. The number of ether oxygens (including phenoxy) is 1. The van der Waals surface area contributed by atoms with E-state index >= 15 is 0 Å². The molecule has 2 aromatic carbocycles. The van der Waals surface area contributed by atoms with E-state index in [0.29, 0.717) is 16.6 Å². The maximum absolute atomic E-state index is 12.4. The van der Waals surface area contributed by atoms with Gasteiger partial charge in [-0.1, -0.05) is 47.5 Å². The molecule has 0 saturated carbocycles. The van der Waals surface area contributed by atoms with Crippen LogP contribution in [0.25, 0.3) is 0 Å². The van der Waals surface area contributed by atoms with Crippen LogP contribution in [-0.4, -0.2) is 42.4 Å². The van der Waals surface area contributed by atoms with Gasteiger partial charge in [-0.3, -0.25) is 9.80 Å². The van der Waals surface area contributed by atoms with Crippen molar-refractivity contribution in [2.24, 2.45) is 0 Å². The molecule has 2 aliphatic rings. The first-order valence-electron chi connectivity index (χ1n) is 9.17. The van der Waals surface area contributed by atoms with Gasteiger partial charge in [0.05, 0.1) is 16.6 Å². The van der Waals surface area contributed by atoms with Gasteiger partial charge in [-0.2, -0.15) is 9.59 Å². The number of carbonyl (C=O) groups excluding carboxylic acids is 3. The minimum atomic E-state index is -0.374. The molecule has 0 atom stereocenters. The quantitative estimate of drug-likeness (QED) is 0.715. The van der Waals surface area contributed by atoms with Gasteiger partial charge in [-0.05, 0) is 29.8 Å². The molecule has 0 aromatic heterocycles. The highest BCUT2D eigenvalue weighted by atomic mass is 35.5. The van der Waals surface area contributed by atoms with Gasteiger partial charge >= 0.3 is 12.2 Å². The van der Waals surface area contributed by atoms with Crippen LogP contribution < -0.4 is 4.90 Å². The van der Waals surface area contributed by atoms with Crippen molar-refractivity contribution in [1.82, 2.24) is 4.90 Å². The lowest BCUT2D eigenvalue weighted by molar-refractivity contribution is -0.191. The molecule has 2 heterocycles. The fourth-order valence-corrected chi connectivity index (χ4v) is 4.03. The molecule has 6 nitrogen and oxygen atoms in total. The summed E-state index contributed by atoms with van der Waals surface area (Å²) in [5.41, 5.74) is 1.67. The standard InChI is InChI=1S/C20H20Cl2N2O2.CO2/c21-17-7-6-15(12-18(17)22)13-23-10-8-20(9-11-23)14-24(19(25)26-20)16-4-2-1-3-5-16;2-1-3/h1-7,12H,8-11,13-14H2;. The Hall–Kier alpha value is -2.37. The van der Waals surface area contributed by atoms with Crippen molar-refractivity contribution in [3.63, 3.8) is 0 Å². The predicted octanol–water partition coefficient (Wildman–Crippen LogP) is 4.40. The zero-order chi connectivity index (χ0) is 20.9. The lowest BCUT2D eigenvalue weighted by Crippen LogP contribution is -2.46. The second-order valence-corrected chi connectivity index (χ2v) is 7.90. The van der Waals surface area contributed by atoms with Gasteiger partial charge in [0.25, 0.3) is 0 Å². The number of piperidine rings is 1. The number of para-hydroxylation sites is 1. The van der Waals surface area contributed by atoms with E-state index in [9.17, 15) is 4.79 Å². The number of amides is 1. The summed E-state index contributed by atoms with van der Waals surface area (Å²) >= 11 is 12.1. The fourth-order valence-electron chi connectivity index (χ4n) is 3.70.